The van der Waals surface area contributed by atoms with Crippen LogP contribution in [0.2, 0.25) is 0 Å². The number of quaternary nitrogens is 1. The Balaban J connectivity index is 2.52. The average molecular weight is 134 g/mol. The highest BCUT2D eigenvalue weighted by Crippen LogP contribution is 2.15. The molecule has 0 spiro atoms. The first-order valence-electron chi connectivity index (χ1n) is 3.79. The Hall–Kier alpha value is -0.820. The van der Waals surface area contributed by atoms with Crippen LogP contribution in [0.15, 0.2) is 18.2 Å². The predicted octanol–water partition coefficient (Wildman–Crippen LogP) is 0.746. The van der Waals surface area contributed by atoms with E-state index in [0.29, 0.717) is 0 Å². The first kappa shape index (κ1) is 5.93. The molecule has 52 valence electrons. The quantitative estimate of drug-likeness (QED) is 0.504. The van der Waals surface area contributed by atoms with Crippen LogP contribution >= 0.6 is 0 Å². The molecule has 0 aromatic heterocycles. The molecule has 2 rings (SSSR count). The van der Waals surface area contributed by atoms with Crippen molar-refractivity contribution in [1.82, 2.24) is 0 Å². The second kappa shape index (κ2) is 2.10. The topological polar surface area (TPSA) is 16.6 Å². The van der Waals surface area contributed by atoms with E-state index in [2.05, 4.69) is 30.4 Å². The molecule has 0 aliphatic carbocycles. The third-order valence-electron chi connectivity index (χ3n) is 2.08. The lowest BCUT2D eigenvalue weighted by molar-refractivity contribution is -0.561. The van der Waals surface area contributed by atoms with Crippen LogP contribution in [0.1, 0.15) is 11.1 Å². The maximum Gasteiger partial charge on any atom is 0.133 e. The molecule has 0 amide bonds. The van der Waals surface area contributed by atoms with Crippen molar-refractivity contribution in [3.63, 3.8) is 0 Å². The Labute approximate surface area is 61.1 Å². The summed E-state index contributed by atoms with van der Waals surface area (Å²) in [6.45, 7) is 3.38. The molecule has 0 saturated carbocycles. The minimum absolute atomic E-state index is 1.23. The number of aryl methyl sites for hydroxylation is 1. The number of hydrogen-bond donors (Lipinski definition) is 1. The van der Waals surface area contributed by atoms with Crippen LogP contribution in [0.4, 0.5) is 5.69 Å². The van der Waals surface area contributed by atoms with Crippen molar-refractivity contribution < 1.29 is 5.32 Å². The Morgan fingerprint density at radius 2 is 2.30 bits per heavy atom. The van der Waals surface area contributed by atoms with Gasteiger partial charge < -0.3 is 5.32 Å². The number of rotatable bonds is 0. The van der Waals surface area contributed by atoms with Crippen molar-refractivity contribution in [1.29, 1.82) is 0 Å². The number of fused-ring (bicyclic) bond motifs is 1. The summed E-state index contributed by atoms with van der Waals surface area (Å²) in [4.78, 5) is 0. The van der Waals surface area contributed by atoms with E-state index in [0.717, 1.165) is 0 Å². The highest BCUT2D eigenvalue weighted by Gasteiger charge is 2.12. The zero-order valence-corrected chi connectivity index (χ0v) is 6.22. The van der Waals surface area contributed by atoms with Crippen molar-refractivity contribution in [3.8, 4) is 0 Å². The second-order valence-electron chi connectivity index (χ2n) is 2.95. The molecule has 0 atom stereocenters. The lowest BCUT2D eigenvalue weighted by atomic mass is 10.1. The Kier molecular flexibility index (Phi) is 1.24. The maximum atomic E-state index is 2.32. The summed E-state index contributed by atoms with van der Waals surface area (Å²) < 4.78 is 0. The Morgan fingerprint density at radius 3 is 3.20 bits per heavy atom. The summed E-state index contributed by atoms with van der Waals surface area (Å²) >= 11 is 0. The molecule has 1 aromatic carbocycles. The van der Waals surface area contributed by atoms with Crippen LogP contribution in [0.5, 0.6) is 0 Å². The van der Waals surface area contributed by atoms with Gasteiger partial charge in [0.05, 0.1) is 6.54 Å². The van der Waals surface area contributed by atoms with Gasteiger partial charge in [-0.3, -0.25) is 0 Å². The van der Waals surface area contributed by atoms with Crippen molar-refractivity contribution in [2.24, 2.45) is 0 Å². The van der Waals surface area contributed by atoms with Crippen LogP contribution in [-0.4, -0.2) is 6.54 Å². The molecule has 0 bridgehead atoms. The molecule has 0 saturated heterocycles. The van der Waals surface area contributed by atoms with E-state index in [1.165, 1.54) is 29.8 Å². The number of benzene rings is 1. The van der Waals surface area contributed by atoms with Crippen molar-refractivity contribution in [3.05, 3.63) is 29.3 Å². The number of nitrogens with two attached hydrogens (primary N) is 1. The molecule has 10 heavy (non-hydrogen) atoms. The first-order chi connectivity index (χ1) is 4.86. The van der Waals surface area contributed by atoms with Gasteiger partial charge in [0.15, 0.2) is 0 Å². The van der Waals surface area contributed by atoms with Crippen LogP contribution < -0.4 is 5.32 Å². The first-order valence-corrected chi connectivity index (χ1v) is 3.79. The van der Waals surface area contributed by atoms with E-state index in [4.69, 9.17) is 0 Å². The summed E-state index contributed by atoms with van der Waals surface area (Å²) in [6, 6.07) is 6.70. The standard InChI is InChI=1S/C9H11N/c1-7-2-3-8-4-5-10-9(8)6-7/h2-3,6,10H,4-5H2,1H3/p+1. The summed E-state index contributed by atoms with van der Waals surface area (Å²) in [6.07, 6.45) is 1.25. The lowest BCUT2D eigenvalue weighted by Gasteiger charge is -1.94. The molecule has 0 radical (unpaired) electrons. The molecule has 2 N–H and O–H groups in total. The van der Waals surface area contributed by atoms with E-state index in [1.54, 1.807) is 0 Å². The van der Waals surface area contributed by atoms with Crippen LogP contribution in [0, 0.1) is 6.92 Å². The molecular weight excluding hydrogens is 122 g/mol. The van der Waals surface area contributed by atoms with Crippen molar-refractivity contribution >= 4 is 5.69 Å². The highest BCUT2D eigenvalue weighted by atomic mass is 14.9. The minimum atomic E-state index is 1.23. The summed E-state index contributed by atoms with van der Waals surface area (Å²) in [5, 5.41) is 2.32. The third-order valence-corrected chi connectivity index (χ3v) is 2.08. The van der Waals surface area contributed by atoms with E-state index in [-0.39, 0.29) is 0 Å². The normalized spacial score (nSPS) is 15.3. The van der Waals surface area contributed by atoms with Crippen LogP contribution in [0.25, 0.3) is 0 Å². The fourth-order valence-corrected chi connectivity index (χ4v) is 1.52. The summed E-state index contributed by atoms with van der Waals surface area (Å²) in [7, 11) is 0. The third kappa shape index (κ3) is 0.830. The van der Waals surface area contributed by atoms with Gasteiger partial charge in [0.25, 0.3) is 0 Å². The Morgan fingerprint density at radius 1 is 1.40 bits per heavy atom. The predicted molar refractivity (Wildman–Crippen MR) is 41.3 cm³/mol. The molecule has 1 aliphatic heterocycles. The highest BCUT2D eigenvalue weighted by molar-refractivity contribution is 5.43. The zero-order valence-electron chi connectivity index (χ0n) is 6.22. The minimum Gasteiger partial charge on any atom is -0.313 e. The second-order valence-corrected chi connectivity index (χ2v) is 2.95. The monoisotopic (exact) mass is 134 g/mol. The molecular formula is C9H12N+. The van der Waals surface area contributed by atoms with E-state index in [9.17, 15) is 0 Å². The smallest absolute Gasteiger partial charge is 0.133 e. The fraction of sp³-hybridized carbons (Fsp3) is 0.333. The van der Waals surface area contributed by atoms with Gasteiger partial charge >= 0.3 is 0 Å². The zero-order chi connectivity index (χ0) is 6.97. The van der Waals surface area contributed by atoms with Gasteiger partial charge in [-0.1, -0.05) is 12.1 Å². The maximum absolute atomic E-state index is 2.32. The fourth-order valence-electron chi connectivity index (χ4n) is 1.52. The van der Waals surface area contributed by atoms with Gasteiger partial charge in [-0.15, -0.1) is 0 Å². The molecule has 0 unspecified atom stereocenters. The van der Waals surface area contributed by atoms with Gasteiger partial charge in [0, 0.05) is 18.1 Å². The molecule has 1 aromatic rings. The van der Waals surface area contributed by atoms with E-state index < -0.39 is 0 Å². The lowest BCUT2D eigenvalue weighted by Crippen LogP contribution is -2.75. The van der Waals surface area contributed by atoms with Gasteiger partial charge in [0.1, 0.15) is 5.69 Å². The van der Waals surface area contributed by atoms with Gasteiger partial charge in [-0.2, -0.15) is 0 Å². The van der Waals surface area contributed by atoms with Gasteiger partial charge in [-0.25, -0.2) is 0 Å². The van der Waals surface area contributed by atoms with Gasteiger partial charge in [0.2, 0.25) is 0 Å². The molecule has 0 fully saturated rings. The Bertz CT molecular complexity index is 253. The van der Waals surface area contributed by atoms with Crippen molar-refractivity contribution in [2.45, 2.75) is 13.3 Å². The van der Waals surface area contributed by atoms with Gasteiger partial charge in [-0.05, 0) is 12.5 Å². The average Bonchev–Trinajstić information content (AvgIpc) is 2.33. The molecule has 1 heterocycles. The van der Waals surface area contributed by atoms with E-state index in [1.807, 2.05) is 0 Å². The SMILES string of the molecule is Cc1ccc2c(c1)[NH2+]CC2. The molecule has 1 aliphatic rings. The van der Waals surface area contributed by atoms with Crippen molar-refractivity contribution in [2.75, 3.05) is 6.54 Å². The van der Waals surface area contributed by atoms with E-state index >= 15 is 0 Å². The number of hydrogen-bond acceptors (Lipinski definition) is 0. The molecule has 1 heteroatoms. The largest absolute Gasteiger partial charge is 0.313 e. The van der Waals surface area contributed by atoms with Crippen LogP contribution in [0.3, 0.4) is 0 Å². The summed E-state index contributed by atoms with van der Waals surface area (Å²) in [5.74, 6) is 0. The van der Waals surface area contributed by atoms with Crippen LogP contribution in [-0.2, 0) is 6.42 Å². The molecule has 1 nitrogen and oxygen atoms in total. The summed E-state index contributed by atoms with van der Waals surface area (Å²) in [5.41, 5.74) is 4.35.